The molecule has 0 aliphatic heterocycles. The zero-order valence-corrected chi connectivity index (χ0v) is 11.6. The van der Waals surface area contributed by atoms with Crippen molar-refractivity contribution in [2.24, 2.45) is 0 Å². The molecule has 1 N–H and O–H groups in total. The van der Waals surface area contributed by atoms with Crippen LogP contribution in [0.4, 0.5) is 4.39 Å². The number of pyridine rings is 1. The predicted octanol–water partition coefficient (Wildman–Crippen LogP) is 3.54. The lowest BCUT2D eigenvalue weighted by Gasteiger charge is -2.19. The Morgan fingerprint density at radius 1 is 1.05 bits per heavy atom. The molecule has 0 aliphatic carbocycles. The summed E-state index contributed by atoms with van der Waals surface area (Å²) in [5.41, 5.74) is 4.42. The molecule has 1 heterocycles. The molecule has 2 aromatic rings. The maximum Gasteiger partial charge on any atom is 0.141 e. The van der Waals surface area contributed by atoms with Crippen LogP contribution in [-0.4, -0.2) is 11.5 Å². The SMILES string of the molecule is CCNC(c1cc(C)cc(C)c1)c1cncc(F)c1. The van der Waals surface area contributed by atoms with Crippen LogP contribution in [0.1, 0.15) is 35.2 Å². The van der Waals surface area contributed by atoms with Gasteiger partial charge in [0, 0.05) is 6.20 Å². The monoisotopic (exact) mass is 258 g/mol. The Morgan fingerprint density at radius 2 is 1.74 bits per heavy atom. The fraction of sp³-hybridized carbons (Fsp3) is 0.312. The smallest absolute Gasteiger partial charge is 0.141 e. The lowest BCUT2D eigenvalue weighted by molar-refractivity contribution is 0.596. The third-order valence-corrected chi connectivity index (χ3v) is 3.04. The van der Waals surface area contributed by atoms with Crippen molar-refractivity contribution in [2.75, 3.05) is 6.54 Å². The zero-order valence-electron chi connectivity index (χ0n) is 11.6. The maximum atomic E-state index is 13.4. The van der Waals surface area contributed by atoms with Gasteiger partial charge in [-0.1, -0.05) is 36.2 Å². The van der Waals surface area contributed by atoms with E-state index in [1.807, 2.05) is 6.92 Å². The second-order valence-corrected chi connectivity index (χ2v) is 4.85. The molecule has 2 nitrogen and oxygen atoms in total. The molecule has 0 spiro atoms. The van der Waals surface area contributed by atoms with Gasteiger partial charge in [-0.05, 0) is 37.6 Å². The van der Waals surface area contributed by atoms with Crippen LogP contribution in [0.5, 0.6) is 0 Å². The largest absolute Gasteiger partial charge is 0.306 e. The number of halogens is 1. The van der Waals surface area contributed by atoms with Gasteiger partial charge in [-0.15, -0.1) is 0 Å². The first-order valence-electron chi connectivity index (χ1n) is 6.52. The second kappa shape index (κ2) is 5.93. The van der Waals surface area contributed by atoms with Gasteiger partial charge in [0.1, 0.15) is 5.82 Å². The number of nitrogens with one attached hydrogen (secondary N) is 1. The lowest BCUT2D eigenvalue weighted by Crippen LogP contribution is -2.22. The standard InChI is InChI=1S/C16H19FN2/c1-4-19-16(14-8-15(17)10-18-9-14)13-6-11(2)5-12(3)7-13/h5-10,16,19H,4H2,1-3H3. The molecule has 3 heteroatoms. The Kier molecular flexibility index (Phi) is 4.27. The summed E-state index contributed by atoms with van der Waals surface area (Å²) in [5.74, 6) is -0.301. The van der Waals surface area contributed by atoms with Gasteiger partial charge in [0.2, 0.25) is 0 Å². The molecule has 0 radical (unpaired) electrons. The van der Waals surface area contributed by atoms with Gasteiger partial charge >= 0.3 is 0 Å². The molecule has 0 fully saturated rings. The fourth-order valence-corrected chi connectivity index (χ4v) is 2.40. The predicted molar refractivity (Wildman–Crippen MR) is 75.6 cm³/mol. The Labute approximate surface area is 113 Å². The molecule has 0 aliphatic rings. The number of aryl methyl sites for hydroxylation is 2. The van der Waals surface area contributed by atoms with Crippen LogP contribution in [0.2, 0.25) is 0 Å². The highest BCUT2D eigenvalue weighted by Crippen LogP contribution is 2.24. The molecule has 0 amide bonds. The summed E-state index contributed by atoms with van der Waals surface area (Å²) in [6.07, 6.45) is 2.95. The van der Waals surface area contributed by atoms with Crippen LogP contribution in [0.15, 0.2) is 36.7 Å². The molecule has 0 saturated carbocycles. The number of rotatable bonds is 4. The summed E-state index contributed by atoms with van der Waals surface area (Å²) < 4.78 is 13.4. The molecule has 1 aromatic carbocycles. The third-order valence-electron chi connectivity index (χ3n) is 3.04. The minimum absolute atomic E-state index is 0.0215. The van der Waals surface area contributed by atoms with E-state index in [1.165, 1.54) is 23.4 Å². The van der Waals surface area contributed by atoms with Crippen LogP contribution >= 0.6 is 0 Å². The van der Waals surface area contributed by atoms with E-state index in [2.05, 4.69) is 42.3 Å². The van der Waals surface area contributed by atoms with Gasteiger partial charge in [0.05, 0.1) is 12.2 Å². The first-order chi connectivity index (χ1) is 9.10. The molecule has 0 saturated heterocycles. The van der Waals surface area contributed by atoms with Crippen LogP contribution in [0.3, 0.4) is 0 Å². The summed E-state index contributed by atoms with van der Waals surface area (Å²) in [6.45, 7) is 7.00. The van der Waals surface area contributed by atoms with E-state index in [4.69, 9.17) is 0 Å². The van der Waals surface area contributed by atoms with Crippen molar-refractivity contribution < 1.29 is 4.39 Å². The lowest BCUT2D eigenvalue weighted by atomic mass is 9.96. The molecule has 19 heavy (non-hydrogen) atoms. The average molecular weight is 258 g/mol. The molecule has 0 bridgehead atoms. The first-order valence-corrected chi connectivity index (χ1v) is 6.52. The highest BCUT2D eigenvalue weighted by atomic mass is 19.1. The molecular weight excluding hydrogens is 239 g/mol. The zero-order chi connectivity index (χ0) is 13.8. The molecule has 2 rings (SSSR count). The van der Waals surface area contributed by atoms with Crippen molar-refractivity contribution in [3.63, 3.8) is 0 Å². The van der Waals surface area contributed by atoms with E-state index in [-0.39, 0.29) is 11.9 Å². The number of hydrogen-bond acceptors (Lipinski definition) is 2. The Bertz CT molecular complexity index is 546. The maximum absolute atomic E-state index is 13.4. The van der Waals surface area contributed by atoms with Crippen LogP contribution < -0.4 is 5.32 Å². The molecule has 1 unspecified atom stereocenters. The first kappa shape index (κ1) is 13.7. The van der Waals surface area contributed by atoms with Crippen LogP contribution in [0.25, 0.3) is 0 Å². The van der Waals surface area contributed by atoms with E-state index in [9.17, 15) is 4.39 Å². The molecule has 1 aromatic heterocycles. The van der Waals surface area contributed by atoms with Gasteiger partial charge in [0.25, 0.3) is 0 Å². The minimum Gasteiger partial charge on any atom is -0.306 e. The van der Waals surface area contributed by atoms with Crippen molar-refractivity contribution in [3.8, 4) is 0 Å². The average Bonchev–Trinajstić information content (AvgIpc) is 2.34. The van der Waals surface area contributed by atoms with Crippen molar-refractivity contribution in [1.29, 1.82) is 0 Å². The van der Waals surface area contributed by atoms with E-state index < -0.39 is 0 Å². The van der Waals surface area contributed by atoms with E-state index in [0.717, 1.165) is 17.7 Å². The summed E-state index contributed by atoms with van der Waals surface area (Å²) in [6, 6.07) is 7.91. The van der Waals surface area contributed by atoms with Crippen molar-refractivity contribution >= 4 is 0 Å². The van der Waals surface area contributed by atoms with Gasteiger partial charge in [-0.2, -0.15) is 0 Å². The third kappa shape index (κ3) is 3.38. The van der Waals surface area contributed by atoms with Crippen molar-refractivity contribution in [3.05, 3.63) is 64.7 Å². The van der Waals surface area contributed by atoms with E-state index in [1.54, 1.807) is 6.20 Å². The highest BCUT2D eigenvalue weighted by Gasteiger charge is 2.14. The van der Waals surface area contributed by atoms with E-state index in [0.29, 0.717) is 0 Å². The van der Waals surface area contributed by atoms with Crippen molar-refractivity contribution in [2.45, 2.75) is 26.8 Å². The Morgan fingerprint density at radius 3 is 2.32 bits per heavy atom. The number of hydrogen-bond donors (Lipinski definition) is 1. The highest BCUT2D eigenvalue weighted by molar-refractivity contribution is 5.36. The topological polar surface area (TPSA) is 24.9 Å². The summed E-state index contributed by atoms with van der Waals surface area (Å²) in [7, 11) is 0. The van der Waals surface area contributed by atoms with Gasteiger partial charge < -0.3 is 5.32 Å². The fourth-order valence-electron chi connectivity index (χ4n) is 2.40. The molecule has 100 valence electrons. The van der Waals surface area contributed by atoms with Gasteiger partial charge in [-0.25, -0.2) is 4.39 Å². The quantitative estimate of drug-likeness (QED) is 0.907. The second-order valence-electron chi connectivity index (χ2n) is 4.85. The van der Waals surface area contributed by atoms with Gasteiger partial charge in [-0.3, -0.25) is 4.98 Å². The van der Waals surface area contributed by atoms with Gasteiger partial charge in [0.15, 0.2) is 0 Å². The van der Waals surface area contributed by atoms with Crippen molar-refractivity contribution in [1.82, 2.24) is 10.3 Å². The number of benzene rings is 1. The number of nitrogens with zero attached hydrogens (tertiary/aromatic N) is 1. The Balaban J connectivity index is 2.44. The molecule has 1 atom stereocenters. The number of aromatic nitrogens is 1. The summed E-state index contributed by atoms with van der Waals surface area (Å²) in [5, 5.41) is 3.39. The normalized spacial score (nSPS) is 12.4. The summed E-state index contributed by atoms with van der Waals surface area (Å²) in [4.78, 5) is 3.94. The Hall–Kier alpha value is -1.74. The van der Waals surface area contributed by atoms with E-state index >= 15 is 0 Å². The summed E-state index contributed by atoms with van der Waals surface area (Å²) >= 11 is 0. The molecular formula is C16H19FN2. The van der Waals surface area contributed by atoms with Crippen LogP contribution in [0, 0.1) is 19.7 Å². The van der Waals surface area contributed by atoms with Crippen LogP contribution in [-0.2, 0) is 0 Å². The minimum atomic E-state index is -0.301.